The van der Waals surface area contributed by atoms with Crippen LogP contribution in [-0.2, 0) is 0 Å². The Morgan fingerprint density at radius 3 is 2.80 bits per heavy atom. The van der Waals surface area contributed by atoms with Crippen LogP contribution in [0.2, 0.25) is 5.02 Å². The summed E-state index contributed by atoms with van der Waals surface area (Å²) in [5, 5.41) is 2.08. The minimum Gasteiger partial charge on any atom is -0.383 e. The van der Waals surface area contributed by atoms with E-state index in [1.165, 1.54) is 12.3 Å². The molecule has 0 aliphatic heterocycles. The molecule has 0 aliphatic carbocycles. The molecule has 0 atom stereocenters. The maximum Gasteiger partial charge on any atom is 0.215 e. The van der Waals surface area contributed by atoms with Crippen molar-refractivity contribution in [3.8, 4) is 0 Å². The van der Waals surface area contributed by atoms with Crippen LogP contribution in [0.1, 0.15) is 16.1 Å². The largest absolute Gasteiger partial charge is 0.383 e. The minimum absolute atomic E-state index is 0.147. The summed E-state index contributed by atoms with van der Waals surface area (Å²) in [6, 6.07) is 10.9. The van der Waals surface area contributed by atoms with E-state index in [0.29, 0.717) is 10.7 Å². The summed E-state index contributed by atoms with van der Waals surface area (Å²) in [6.45, 7) is 0. The first kappa shape index (κ1) is 12.6. The maximum atomic E-state index is 12.6. The molecule has 0 saturated carbocycles. The number of ketones is 1. The second-order valence-corrected chi connectivity index (χ2v) is 4.73. The molecule has 5 heteroatoms. The Hall–Kier alpha value is -2.46. The highest BCUT2D eigenvalue weighted by molar-refractivity contribution is 6.31. The lowest BCUT2D eigenvalue weighted by Gasteiger charge is -2.06. The van der Waals surface area contributed by atoms with E-state index >= 15 is 0 Å². The van der Waals surface area contributed by atoms with Gasteiger partial charge in [0, 0.05) is 17.8 Å². The molecule has 3 rings (SSSR count). The number of rotatable bonds is 2. The van der Waals surface area contributed by atoms with Crippen molar-refractivity contribution in [1.82, 2.24) is 9.97 Å². The van der Waals surface area contributed by atoms with Gasteiger partial charge >= 0.3 is 0 Å². The molecule has 0 radical (unpaired) electrons. The second-order valence-electron chi connectivity index (χ2n) is 4.30. The summed E-state index contributed by atoms with van der Waals surface area (Å²) in [6.07, 6.45) is 3.01. The molecule has 0 aliphatic rings. The molecule has 0 saturated heterocycles. The van der Waals surface area contributed by atoms with Crippen molar-refractivity contribution in [2.45, 2.75) is 0 Å². The van der Waals surface area contributed by atoms with Crippen LogP contribution in [0.5, 0.6) is 0 Å². The van der Waals surface area contributed by atoms with Crippen LogP contribution in [0, 0.1) is 0 Å². The number of hydrogen-bond acceptors (Lipinski definition) is 4. The van der Waals surface area contributed by atoms with Crippen molar-refractivity contribution in [1.29, 1.82) is 0 Å². The van der Waals surface area contributed by atoms with E-state index in [2.05, 4.69) is 9.97 Å². The van der Waals surface area contributed by atoms with Gasteiger partial charge in [-0.3, -0.25) is 9.78 Å². The van der Waals surface area contributed by atoms with Gasteiger partial charge in [0.1, 0.15) is 11.5 Å². The van der Waals surface area contributed by atoms with Gasteiger partial charge in [-0.25, -0.2) is 4.98 Å². The lowest BCUT2D eigenvalue weighted by atomic mass is 10.0. The summed E-state index contributed by atoms with van der Waals surface area (Å²) < 4.78 is 0. The molecule has 2 aromatic heterocycles. The normalized spacial score (nSPS) is 10.7. The lowest BCUT2D eigenvalue weighted by Crippen LogP contribution is -2.09. The van der Waals surface area contributed by atoms with E-state index in [0.717, 1.165) is 10.8 Å². The Morgan fingerprint density at radius 2 is 1.95 bits per heavy atom. The number of halogens is 1. The lowest BCUT2D eigenvalue weighted by molar-refractivity contribution is 0.103. The summed E-state index contributed by atoms with van der Waals surface area (Å²) in [4.78, 5) is 20.7. The second kappa shape index (κ2) is 4.90. The maximum absolute atomic E-state index is 12.6. The number of nitrogens with two attached hydrogens (primary N) is 1. The number of carbonyl (C=O) groups is 1. The van der Waals surface area contributed by atoms with Crippen molar-refractivity contribution in [2.75, 3.05) is 5.73 Å². The van der Waals surface area contributed by atoms with E-state index in [9.17, 15) is 4.79 Å². The van der Waals surface area contributed by atoms with Gasteiger partial charge in [0.2, 0.25) is 5.78 Å². The van der Waals surface area contributed by atoms with Gasteiger partial charge in [-0.15, -0.1) is 0 Å². The molecule has 0 bridgehead atoms. The number of nitrogen functional groups attached to an aromatic ring is 1. The van der Waals surface area contributed by atoms with Gasteiger partial charge in [0.05, 0.1) is 10.6 Å². The van der Waals surface area contributed by atoms with E-state index in [4.69, 9.17) is 17.3 Å². The number of pyridine rings is 2. The Bertz CT molecular complexity index is 812. The quantitative estimate of drug-likeness (QED) is 0.734. The zero-order chi connectivity index (χ0) is 14.1. The molecule has 1 aromatic carbocycles. The third-order valence-corrected chi connectivity index (χ3v) is 3.23. The monoisotopic (exact) mass is 283 g/mol. The molecule has 20 heavy (non-hydrogen) atoms. The highest BCUT2D eigenvalue weighted by Gasteiger charge is 2.17. The summed E-state index contributed by atoms with van der Waals surface area (Å²) in [7, 11) is 0. The molecule has 2 N–H and O–H groups in total. The average Bonchev–Trinajstić information content (AvgIpc) is 2.48. The van der Waals surface area contributed by atoms with E-state index in [-0.39, 0.29) is 17.2 Å². The number of aromatic nitrogens is 2. The predicted octanol–water partition coefficient (Wildman–Crippen LogP) is 3.10. The zero-order valence-electron chi connectivity index (χ0n) is 10.4. The number of hydrogen-bond donors (Lipinski definition) is 1. The van der Waals surface area contributed by atoms with Crippen molar-refractivity contribution in [2.24, 2.45) is 0 Å². The zero-order valence-corrected chi connectivity index (χ0v) is 11.1. The first-order valence-corrected chi connectivity index (χ1v) is 6.34. The molecule has 0 fully saturated rings. The summed E-state index contributed by atoms with van der Waals surface area (Å²) >= 11 is 5.88. The summed E-state index contributed by atoms with van der Waals surface area (Å²) in [5.74, 6) is -0.136. The van der Waals surface area contributed by atoms with Crippen LogP contribution in [0.15, 0.2) is 48.8 Å². The molecular weight excluding hydrogens is 274 g/mol. The number of fused-ring (bicyclic) bond motifs is 1. The minimum atomic E-state index is -0.283. The van der Waals surface area contributed by atoms with Crippen LogP contribution >= 0.6 is 11.6 Å². The van der Waals surface area contributed by atoms with Crippen molar-refractivity contribution < 1.29 is 4.79 Å². The number of anilines is 1. The third-order valence-electron chi connectivity index (χ3n) is 3.02. The van der Waals surface area contributed by atoms with Crippen LogP contribution in [-0.4, -0.2) is 15.8 Å². The standard InChI is InChI=1S/C15H10ClN3O/c16-10-7-12(15(17)19-8-10)14(20)13-11-4-2-1-3-9(11)5-6-18-13/h1-8H,(H2,17,19). The van der Waals surface area contributed by atoms with Gasteiger partial charge in [-0.2, -0.15) is 0 Å². The fourth-order valence-electron chi connectivity index (χ4n) is 2.06. The number of carbonyl (C=O) groups excluding carboxylic acids is 1. The van der Waals surface area contributed by atoms with Crippen LogP contribution < -0.4 is 5.73 Å². The van der Waals surface area contributed by atoms with Gasteiger partial charge in [-0.1, -0.05) is 35.9 Å². The highest BCUT2D eigenvalue weighted by atomic mass is 35.5. The van der Waals surface area contributed by atoms with Gasteiger partial charge in [-0.05, 0) is 17.5 Å². The molecule has 0 unspecified atom stereocenters. The molecule has 4 nitrogen and oxygen atoms in total. The molecule has 0 amide bonds. The molecule has 2 heterocycles. The summed E-state index contributed by atoms with van der Waals surface area (Å²) in [5.41, 5.74) is 6.36. The van der Waals surface area contributed by atoms with Crippen LogP contribution in [0.4, 0.5) is 5.82 Å². The van der Waals surface area contributed by atoms with Gasteiger partial charge in [0.25, 0.3) is 0 Å². The fraction of sp³-hybridized carbons (Fsp3) is 0. The Kier molecular flexibility index (Phi) is 3.08. The van der Waals surface area contributed by atoms with Crippen LogP contribution in [0.25, 0.3) is 10.8 Å². The third kappa shape index (κ3) is 2.10. The molecule has 3 aromatic rings. The predicted molar refractivity (Wildman–Crippen MR) is 78.8 cm³/mol. The molecule has 0 spiro atoms. The van der Waals surface area contributed by atoms with Gasteiger partial charge in [0.15, 0.2) is 0 Å². The average molecular weight is 284 g/mol. The number of benzene rings is 1. The van der Waals surface area contributed by atoms with E-state index in [1.54, 1.807) is 6.20 Å². The van der Waals surface area contributed by atoms with Crippen molar-refractivity contribution in [3.05, 3.63) is 65.1 Å². The number of nitrogens with zero attached hydrogens (tertiary/aromatic N) is 2. The van der Waals surface area contributed by atoms with E-state index in [1.807, 2.05) is 30.3 Å². The van der Waals surface area contributed by atoms with Crippen molar-refractivity contribution in [3.63, 3.8) is 0 Å². The topological polar surface area (TPSA) is 68.9 Å². The van der Waals surface area contributed by atoms with E-state index < -0.39 is 0 Å². The first-order chi connectivity index (χ1) is 9.66. The SMILES string of the molecule is Nc1ncc(Cl)cc1C(=O)c1nccc2ccccc12. The fourth-order valence-corrected chi connectivity index (χ4v) is 2.22. The van der Waals surface area contributed by atoms with Crippen molar-refractivity contribution >= 4 is 34.0 Å². The molecule has 98 valence electrons. The smallest absolute Gasteiger partial charge is 0.215 e. The Balaban J connectivity index is 2.20. The highest BCUT2D eigenvalue weighted by Crippen LogP contribution is 2.22. The van der Waals surface area contributed by atoms with Gasteiger partial charge < -0.3 is 5.73 Å². The molecular formula is C15H10ClN3O. The Morgan fingerprint density at radius 1 is 1.15 bits per heavy atom. The van der Waals surface area contributed by atoms with Crippen LogP contribution in [0.3, 0.4) is 0 Å². The Labute approximate surface area is 120 Å². The first-order valence-electron chi connectivity index (χ1n) is 5.96.